The maximum absolute atomic E-state index is 6.06. The third-order valence-corrected chi connectivity index (χ3v) is 3.40. The van der Waals surface area contributed by atoms with Crippen molar-refractivity contribution < 1.29 is 0 Å². The highest BCUT2D eigenvalue weighted by atomic mass is 79.9. The third-order valence-electron chi connectivity index (χ3n) is 2.72. The number of benzene rings is 2. The van der Waals surface area contributed by atoms with Gasteiger partial charge < -0.3 is 0 Å². The van der Waals surface area contributed by atoms with E-state index in [1.54, 1.807) is 0 Å². The van der Waals surface area contributed by atoms with Gasteiger partial charge in [-0.1, -0.05) is 57.9 Å². The molecule has 0 atom stereocenters. The molecule has 0 N–H and O–H groups in total. The summed E-state index contributed by atoms with van der Waals surface area (Å²) in [7, 11) is 0. The lowest BCUT2D eigenvalue weighted by atomic mass is 10.2. The molecule has 0 aliphatic carbocycles. The molecule has 20 heavy (non-hydrogen) atoms. The van der Waals surface area contributed by atoms with E-state index in [1.165, 1.54) is 6.33 Å². The van der Waals surface area contributed by atoms with E-state index in [4.69, 9.17) is 11.6 Å². The molecule has 3 aromatic rings. The standard InChI is InChI=1S/C15H9BrClN3/c16-12-6-11(7-13(17)8-12)15-19-9-18-14(20-15)10-4-2-1-3-5-10/h1-9H. The number of nitrogens with zero attached hydrogens (tertiary/aromatic N) is 3. The molecule has 1 heterocycles. The smallest absolute Gasteiger partial charge is 0.163 e. The summed E-state index contributed by atoms with van der Waals surface area (Å²) in [4.78, 5) is 12.9. The van der Waals surface area contributed by atoms with E-state index >= 15 is 0 Å². The average Bonchev–Trinajstić information content (AvgIpc) is 2.47. The van der Waals surface area contributed by atoms with Crippen molar-refractivity contribution in [2.75, 3.05) is 0 Å². The van der Waals surface area contributed by atoms with Gasteiger partial charge in [-0.05, 0) is 18.2 Å². The maximum atomic E-state index is 6.06. The summed E-state index contributed by atoms with van der Waals surface area (Å²) in [5.74, 6) is 1.24. The molecule has 0 spiro atoms. The number of hydrogen-bond acceptors (Lipinski definition) is 3. The monoisotopic (exact) mass is 345 g/mol. The number of halogens is 2. The van der Waals surface area contributed by atoms with Gasteiger partial charge in [0.05, 0.1) is 0 Å². The van der Waals surface area contributed by atoms with Crippen molar-refractivity contribution in [2.24, 2.45) is 0 Å². The van der Waals surface area contributed by atoms with Crippen molar-refractivity contribution in [3.63, 3.8) is 0 Å². The predicted molar refractivity (Wildman–Crippen MR) is 83.4 cm³/mol. The quantitative estimate of drug-likeness (QED) is 0.679. The first-order valence-electron chi connectivity index (χ1n) is 5.93. The van der Waals surface area contributed by atoms with Crippen LogP contribution in [0.25, 0.3) is 22.8 Å². The minimum atomic E-state index is 0.599. The van der Waals surface area contributed by atoms with Gasteiger partial charge in [0, 0.05) is 20.6 Å². The van der Waals surface area contributed by atoms with Gasteiger partial charge in [-0.3, -0.25) is 0 Å². The summed E-state index contributed by atoms with van der Waals surface area (Å²) < 4.78 is 0.890. The van der Waals surface area contributed by atoms with Gasteiger partial charge in [0.15, 0.2) is 11.6 Å². The van der Waals surface area contributed by atoms with Crippen LogP contribution in [-0.4, -0.2) is 15.0 Å². The average molecular weight is 347 g/mol. The molecule has 0 bridgehead atoms. The van der Waals surface area contributed by atoms with Crippen LogP contribution in [0.2, 0.25) is 5.02 Å². The maximum Gasteiger partial charge on any atom is 0.163 e. The summed E-state index contributed by atoms with van der Waals surface area (Å²) in [6.07, 6.45) is 1.51. The molecule has 0 amide bonds. The van der Waals surface area contributed by atoms with E-state index < -0.39 is 0 Å². The lowest BCUT2D eigenvalue weighted by Crippen LogP contribution is -1.95. The number of aromatic nitrogens is 3. The van der Waals surface area contributed by atoms with Crippen LogP contribution in [0.3, 0.4) is 0 Å². The first-order valence-corrected chi connectivity index (χ1v) is 7.10. The molecule has 2 aromatic carbocycles. The highest BCUT2D eigenvalue weighted by molar-refractivity contribution is 9.10. The molecule has 0 unspecified atom stereocenters. The SMILES string of the molecule is Clc1cc(Br)cc(-c2ncnc(-c3ccccc3)n2)c1. The summed E-state index contributed by atoms with van der Waals surface area (Å²) in [6, 6.07) is 15.4. The zero-order valence-corrected chi connectivity index (χ0v) is 12.6. The van der Waals surface area contributed by atoms with Crippen molar-refractivity contribution >= 4 is 27.5 Å². The van der Waals surface area contributed by atoms with Crippen LogP contribution in [0.1, 0.15) is 0 Å². The first kappa shape index (κ1) is 13.2. The Morgan fingerprint density at radius 3 is 2.25 bits per heavy atom. The fraction of sp³-hybridized carbons (Fsp3) is 0. The molecule has 1 aromatic heterocycles. The lowest BCUT2D eigenvalue weighted by molar-refractivity contribution is 1.06. The van der Waals surface area contributed by atoms with Gasteiger partial charge in [-0.2, -0.15) is 0 Å². The minimum Gasteiger partial charge on any atom is -0.217 e. The van der Waals surface area contributed by atoms with Gasteiger partial charge in [0.1, 0.15) is 6.33 Å². The normalized spacial score (nSPS) is 10.5. The molecular formula is C15H9BrClN3. The molecule has 0 saturated heterocycles. The Labute approximate surface area is 129 Å². The molecule has 0 radical (unpaired) electrons. The molecule has 0 aliphatic heterocycles. The van der Waals surface area contributed by atoms with Gasteiger partial charge in [0.2, 0.25) is 0 Å². The van der Waals surface area contributed by atoms with Crippen LogP contribution in [-0.2, 0) is 0 Å². The van der Waals surface area contributed by atoms with E-state index in [2.05, 4.69) is 30.9 Å². The second-order valence-electron chi connectivity index (χ2n) is 4.16. The van der Waals surface area contributed by atoms with Gasteiger partial charge in [-0.15, -0.1) is 0 Å². The van der Waals surface area contributed by atoms with Crippen LogP contribution >= 0.6 is 27.5 Å². The second-order valence-corrected chi connectivity index (χ2v) is 5.51. The Morgan fingerprint density at radius 1 is 0.850 bits per heavy atom. The number of rotatable bonds is 2. The van der Waals surface area contributed by atoms with Crippen LogP contribution in [0.4, 0.5) is 0 Å². The van der Waals surface area contributed by atoms with Crippen molar-refractivity contribution in [1.29, 1.82) is 0 Å². The predicted octanol–water partition coefficient (Wildman–Crippen LogP) is 4.62. The number of hydrogen-bond donors (Lipinski definition) is 0. The fourth-order valence-electron chi connectivity index (χ4n) is 1.84. The molecule has 5 heteroatoms. The molecule has 98 valence electrons. The van der Waals surface area contributed by atoms with Crippen LogP contribution in [0.15, 0.2) is 59.3 Å². The molecule has 3 nitrogen and oxygen atoms in total. The first-order chi connectivity index (χ1) is 9.72. The van der Waals surface area contributed by atoms with Crippen LogP contribution in [0, 0.1) is 0 Å². The highest BCUT2D eigenvalue weighted by Crippen LogP contribution is 2.26. The van der Waals surface area contributed by atoms with Crippen LogP contribution in [0.5, 0.6) is 0 Å². The molecule has 0 saturated carbocycles. The Kier molecular flexibility index (Phi) is 3.76. The molecular weight excluding hydrogens is 338 g/mol. The third kappa shape index (κ3) is 2.86. The van der Waals surface area contributed by atoms with E-state index in [9.17, 15) is 0 Å². The van der Waals surface area contributed by atoms with E-state index in [0.29, 0.717) is 16.7 Å². The van der Waals surface area contributed by atoms with Crippen molar-refractivity contribution in [3.05, 3.63) is 64.4 Å². The van der Waals surface area contributed by atoms with E-state index in [1.807, 2.05) is 48.5 Å². The fourth-order valence-corrected chi connectivity index (χ4v) is 2.70. The summed E-state index contributed by atoms with van der Waals surface area (Å²) >= 11 is 9.47. The second kappa shape index (κ2) is 5.69. The zero-order valence-electron chi connectivity index (χ0n) is 10.3. The Balaban J connectivity index is 2.07. The molecule has 0 aliphatic rings. The largest absolute Gasteiger partial charge is 0.217 e. The van der Waals surface area contributed by atoms with Gasteiger partial charge in [0.25, 0.3) is 0 Å². The van der Waals surface area contributed by atoms with Crippen molar-refractivity contribution in [2.45, 2.75) is 0 Å². The van der Waals surface area contributed by atoms with Gasteiger partial charge in [-0.25, -0.2) is 15.0 Å². The minimum absolute atomic E-state index is 0.599. The summed E-state index contributed by atoms with van der Waals surface area (Å²) in [5.41, 5.74) is 1.81. The Morgan fingerprint density at radius 2 is 1.55 bits per heavy atom. The Hall–Kier alpha value is -1.78. The van der Waals surface area contributed by atoms with Crippen molar-refractivity contribution in [1.82, 2.24) is 15.0 Å². The topological polar surface area (TPSA) is 38.7 Å². The summed E-state index contributed by atoms with van der Waals surface area (Å²) in [5, 5.41) is 0.635. The van der Waals surface area contributed by atoms with E-state index in [0.717, 1.165) is 15.6 Å². The summed E-state index contributed by atoms with van der Waals surface area (Å²) in [6.45, 7) is 0. The lowest BCUT2D eigenvalue weighted by Gasteiger charge is -2.04. The molecule has 3 rings (SSSR count). The van der Waals surface area contributed by atoms with Crippen molar-refractivity contribution in [3.8, 4) is 22.8 Å². The highest BCUT2D eigenvalue weighted by Gasteiger charge is 2.07. The van der Waals surface area contributed by atoms with Crippen LogP contribution < -0.4 is 0 Å². The van der Waals surface area contributed by atoms with Gasteiger partial charge >= 0.3 is 0 Å². The Bertz CT molecular complexity index is 727. The van der Waals surface area contributed by atoms with E-state index in [-0.39, 0.29) is 0 Å². The zero-order chi connectivity index (χ0) is 13.9. The molecule has 0 fully saturated rings.